The molecule has 0 unspecified atom stereocenters. The number of carbonyl (C=O) groups excluding carboxylic acids is 2. The van der Waals surface area contributed by atoms with Crippen molar-refractivity contribution in [1.82, 2.24) is 5.43 Å². The second-order valence-electron chi connectivity index (χ2n) is 4.91. The van der Waals surface area contributed by atoms with Crippen LogP contribution < -0.4 is 10.7 Å². The maximum absolute atomic E-state index is 11.7. The lowest BCUT2D eigenvalue weighted by molar-refractivity contribution is -0.136. The lowest BCUT2D eigenvalue weighted by Crippen LogP contribution is -2.32. The number of aryl methyl sites for hydroxylation is 1. The molecule has 0 aromatic heterocycles. The molecule has 0 aliphatic carbocycles. The Hall–Kier alpha value is -2.92. The molecule has 2 aromatic carbocycles. The normalized spacial score (nSPS) is 10.9. The maximum Gasteiger partial charge on any atom is 0.329 e. The van der Waals surface area contributed by atoms with E-state index in [4.69, 9.17) is 11.6 Å². The molecule has 0 aliphatic heterocycles. The van der Waals surface area contributed by atoms with Crippen molar-refractivity contribution in [2.45, 2.75) is 6.92 Å². The topological polar surface area (TPSA) is 70.6 Å². The number of hydrazone groups is 1. The van der Waals surface area contributed by atoms with Crippen LogP contribution in [0.15, 0.2) is 59.7 Å². The Morgan fingerprint density at radius 2 is 1.83 bits per heavy atom. The highest BCUT2D eigenvalue weighted by Gasteiger charge is 2.13. The zero-order valence-electron chi connectivity index (χ0n) is 13.0. The van der Waals surface area contributed by atoms with Crippen LogP contribution in [0.3, 0.4) is 0 Å². The Morgan fingerprint density at radius 3 is 2.54 bits per heavy atom. The summed E-state index contributed by atoms with van der Waals surface area (Å²) >= 11 is 5.96. The van der Waals surface area contributed by atoms with E-state index in [1.165, 1.54) is 6.21 Å². The van der Waals surface area contributed by atoms with Crippen molar-refractivity contribution in [3.63, 3.8) is 0 Å². The van der Waals surface area contributed by atoms with Crippen molar-refractivity contribution in [1.29, 1.82) is 0 Å². The average molecular weight is 342 g/mol. The molecule has 0 heterocycles. The second kappa shape index (κ2) is 8.64. The first-order valence-electron chi connectivity index (χ1n) is 7.18. The van der Waals surface area contributed by atoms with E-state index in [0.29, 0.717) is 10.7 Å². The quantitative estimate of drug-likeness (QED) is 0.508. The summed E-state index contributed by atoms with van der Waals surface area (Å²) in [5.74, 6) is -1.69. The van der Waals surface area contributed by atoms with Crippen LogP contribution in [0.5, 0.6) is 0 Å². The second-order valence-corrected chi connectivity index (χ2v) is 5.31. The van der Waals surface area contributed by atoms with Crippen LogP contribution in [0.2, 0.25) is 5.02 Å². The first kappa shape index (κ1) is 17.4. The molecule has 0 aliphatic rings. The lowest BCUT2D eigenvalue weighted by Gasteiger charge is -2.05. The number of carbonyl (C=O) groups is 2. The van der Waals surface area contributed by atoms with Crippen LogP contribution in [0.1, 0.15) is 11.1 Å². The van der Waals surface area contributed by atoms with E-state index < -0.39 is 11.8 Å². The van der Waals surface area contributed by atoms with Gasteiger partial charge in [0.1, 0.15) is 0 Å². The number of anilines is 1. The molecule has 0 atom stereocenters. The van der Waals surface area contributed by atoms with E-state index in [0.717, 1.165) is 11.1 Å². The zero-order valence-corrected chi connectivity index (χ0v) is 13.7. The summed E-state index contributed by atoms with van der Waals surface area (Å²) in [7, 11) is 0. The molecule has 0 fully saturated rings. The standard InChI is InChI=1S/C18H16ClN3O2/c1-13-9-10-15(12-16(13)19)21-17(23)18(24)22-20-11-5-8-14-6-3-2-4-7-14/h2-12H,1H3,(H,21,23)(H,22,24)/b8-5+,20-11+. The summed E-state index contributed by atoms with van der Waals surface area (Å²) in [5, 5.41) is 6.64. The van der Waals surface area contributed by atoms with Gasteiger partial charge >= 0.3 is 11.8 Å². The number of amides is 2. The molecule has 0 bridgehead atoms. The van der Waals surface area contributed by atoms with Crippen molar-refractivity contribution in [2.75, 3.05) is 5.32 Å². The molecule has 2 aromatic rings. The highest BCUT2D eigenvalue weighted by Crippen LogP contribution is 2.19. The Labute approximate surface area is 145 Å². The monoisotopic (exact) mass is 341 g/mol. The number of nitrogens with zero attached hydrogens (tertiary/aromatic N) is 1. The molecule has 2 amide bonds. The number of hydrogen-bond acceptors (Lipinski definition) is 3. The predicted molar refractivity (Wildman–Crippen MR) is 96.9 cm³/mol. The fraction of sp³-hybridized carbons (Fsp3) is 0.0556. The third kappa shape index (κ3) is 5.37. The molecule has 0 radical (unpaired) electrons. The molecule has 0 saturated heterocycles. The van der Waals surface area contributed by atoms with Gasteiger partial charge in [-0.1, -0.05) is 54.1 Å². The number of rotatable bonds is 4. The first-order chi connectivity index (χ1) is 11.6. The van der Waals surface area contributed by atoms with Crippen molar-refractivity contribution in [2.24, 2.45) is 5.10 Å². The molecule has 122 valence electrons. The fourth-order valence-corrected chi connectivity index (χ4v) is 1.95. The summed E-state index contributed by atoms with van der Waals surface area (Å²) in [6, 6.07) is 14.6. The molecule has 2 N–H and O–H groups in total. The van der Waals surface area contributed by atoms with Gasteiger partial charge in [0.15, 0.2) is 0 Å². The highest BCUT2D eigenvalue weighted by molar-refractivity contribution is 6.39. The summed E-state index contributed by atoms with van der Waals surface area (Å²) in [6.07, 6.45) is 4.87. The van der Waals surface area contributed by atoms with Gasteiger partial charge in [0, 0.05) is 16.9 Å². The smallest absolute Gasteiger partial charge is 0.318 e. The van der Waals surface area contributed by atoms with Gasteiger partial charge in [-0.2, -0.15) is 5.10 Å². The minimum absolute atomic E-state index is 0.443. The van der Waals surface area contributed by atoms with E-state index >= 15 is 0 Å². The van der Waals surface area contributed by atoms with Crippen molar-refractivity contribution < 1.29 is 9.59 Å². The number of allylic oxidation sites excluding steroid dienone is 1. The number of nitrogens with one attached hydrogen (secondary N) is 2. The van der Waals surface area contributed by atoms with Crippen LogP contribution >= 0.6 is 11.6 Å². The summed E-state index contributed by atoms with van der Waals surface area (Å²) < 4.78 is 0. The Morgan fingerprint density at radius 1 is 1.08 bits per heavy atom. The van der Waals surface area contributed by atoms with Gasteiger partial charge in [-0.05, 0) is 36.3 Å². The number of hydrogen-bond donors (Lipinski definition) is 2. The third-order valence-corrected chi connectivity index (χ3v) is 3.46. The molecular weight excluding hydrogens is 326 g/mol. The van der Waals surface area contributed by atoms with Crippen LogP contribution in [-0.2, 0) is 9.59 Å². The molecule has 24 heavy (non-hydrogen) atoms. The predicted octanol–water partition coefficient (Wildman–Crippen LogP) is 3.40. The Kier molecular flexibility index (Phi) is 6.28. The van der Waals surface area contributed by atoms with Crippen LogP contribution in [-0.4, -0.2) is 18.0 Å². The highest BCUT2D eigenvalue weighted by atomic mass is 35.5. The minimum Gasteiger partial charge on any atom is -0.318 e. The van der Waals surface area contributed by atoms with E-state index in [1.807, 2.05) is 43.3 Å². The van der Waals surface area contributed by atoms with E-state index in [2.05, 4.69) is 15.8 Å². The lowest BCUT2D eigenvalue weighted by atomic mass is 10.2. The number of benzene rings is 2. The van der Waals surface area contributed by atoms with Crippen molar-refractivity contribution >= 4 is 41.4 Å². The summed E-state index contributed by atoms with van der Waals surface area (Å²) in [5.41, 5.74) is 4.48. The van der Waals surface area contributed by atoms with Crippen molar-refractivity contribution in [3.8, 4) is 0 Å². The van der Waals surface area contributed by atoms with Gasteiger partial charge in [0.2, 0.25) is 0 Å². The van der Waals surface area contributed by atoms with Crippen molar-refractivity contribution in [3.05, 3.63) is 70.8 Å². The van der Waals surface area contributed by atoms with Gasteiger partial charge < -0.3 is 5.32 Å². The average Bonchev–Trinajstić information content (AvgIpc) is 2.58. The van der Waals surface area contributed by atoms with Gasteiger partial charge in [-0.15, -0.1) is 0 Å². The van der Waals surface area contributed by atoms with Crippen LogP contribution in [0.4, 0.5) is 5.69 Å². The minimum atomic E-state index is -0.865. The molecule has 0 saturated carbocycles. The molecule has 5 nitrogen and oxygen atoms in total. The first-order valence-corrected chi connectivity index (χ1v) is 7.56. The SMILES string of the molecule is Cc1ccc(NC(=O)C(=O)N/N=C/C=C/c2ccccc2)cc1Cl. The molecular formula is C18H16ClN3O2. The van der Waals surface area contributed by atoms with E-state index in [-0.39, 0.29) is 0 Å². The molecule has 6 heteroatoms. The Balaban J connectivity index is 1.83. The number of halogens is 1. The fourth-order valence-electron chi connectivity index (χ4n) is 1.77. The van der Waals surface area contributed by atoms with E-state index in [9.17, 15) is 9.59 Å². The Bertz CT molecular complexity index is 786. The van der Waals surface area contributed by atoms with Gasteiger partial charge in [0.05, 0.1) is 0 Å². The molecule has 2 rings (SSSR count). The van der Waals surface area contributed by atoms with Crippen LogP contribution in [0.25, 0.3) is 6.08 Å². The van der Waals surface area contributed by atoms with Gasteiger partial charge in [0.25, 0.3) is 0 Å². The van der Waals surface area contributed by atoms with Crippen LogP contribution in [0, 0.1) is 6.92 Å². The van der Waals surface area contributed by atoms with Gasteiger partial charge in [-0.25, -0.2) is 5.43 Å². The summed E-state index contributed by atoms with van der Waals surface area (Å²) in [6.45, 7) is 1.85. The van der Waals surface area contributed by atoms with Gasteiger partial charge in [-0.3, -0.25) is 9.59 Å². The molecule has 0 spiro atoms. The zero-order chi connectivity index (χ0) is 17.4. The van der Waals surface area contributed by atoms with E-state index in [1.54, 1.807) is 24.3 Å². The summed E-state index contributed by atoms with van der Waals surface area (Å²) in [4.78, 5) is 23.4. The maximum atomic E-state index is 11.7. The third-order valence-electron chi connectivity index (χ3n) is 3.05. The largest absolute Gasteiger partial charge is 0.329 e.